The van der Waals surface area contributed by atoms with Crippen molar-refractivity contribution in [2.75, 3.05) is 12.1 Å². The van der Waals surface area contributed by atoms with Gasteiger partial charge in [0.05, 0.1) is 15.7 Å². The molecule has 0 heterocycles. The van der Waals surface area contributed by atoms with Crippen LogP contribution in [0.4, 0.5) is 15.3 Å². The molecule has 1 rings (SSSR count). The topological polar surface area (TPSA) is 84.7 Å². The van der Waals surface area contributed by atoms with E-state index in [9.17, 15) is 9.59 Å². The number of hydroxylamine groups is 1. The fraction of sp³-hybridized carbons (Fsp3) is 0.111. The Morgan fingerprint density at radius 2 is 2.00 bits per heavy atom. The molecular formula is C9H9Cl2N3O3. The summed E-state index contributed by atoms with van der Waals surface area (Å²) in [6, 6.07) is 3.59. The highest BCUT2D eigenvalue weighted by atomic mass is 35.5. The van der Waals surface area contributed by atoms with Crippen LogP contribution in [0.15, 0.2) is 18.2 Å². The van der Waals surface area contributed by atoms with Gasteiger partial charge >= 0.3 is 12.1 Å². The molecule has 1 aromatic rings. The number of rotatable bonds is 1. The Morgan fingerprint density at radius 3 is 2.47 bits per heavy atom. The van der Waals surface area contributed by atoms with Crippen molar-refractivity contribution in [1.82, 2.24) is 5.32 Å². The number of hydrogen-bond acceptors (Lipinski definition) is 3. The molecule has 0 bridgehead atoms. The van der Waals surface area contributed by atoms with Gasteiger partial charge in [-0.2, -0.15) is 0 Å². The minimum absolute atomic E-state index is 0.214. The first-order valence-electron chi connectivity index (χ1n) is 4.40. The lowest BCUT2D eigenvalue weighted by Crippen LogP contribution is -2.41. The van der Waals surface area contributed by atoms with Crippen LogP contribution < -0.4 is 16.1 Å². The van der Waals surface area contributed by atoms with Crippen molar-refractivity contribution in [3.8, 4) is 0 Å². The Labute approximate surface area is 107 Å². The second-order valence-corrected chi connectivity index (χ2v) is 3.67. The highest BCUT2D eigenvalue weighted by Gasteiger charge is 2.19. The van der Waals surface area contributed by atoms with Crippen molar-refractivity contribution in [3.05, 3.63) is 28.2 Å². The molecule has 0 fully saturated rings. The number of anilines is 1. The summed E-state index contributed by atoms with van der Waals surface area (Å²) in [5.41, 5.74) is 5.07. The zero-order chi connectivity index (χ0) is 13.0. The maximum Gasteiger partial charge on any atom is 0.429 e. The minimum Gasteiger partial charge on any atom is -0.338 e. The molecule has 17 heavy (non-hydrogen) atoms. The Morgan fingerprint density at radius 1 is 1.35 bits per heavy atom. The predicted molar refractivity (Wildman–Crippen MR) is 64.1 cm³/mol. The van der Waals surface area contributed by atoms with Gasteiger partial charge in [-0.3, -0.25) is 0 Å². The number of urea groups is 1. The number of nitrogens with two attached hydrogens (primary N) is 1. The molecule has 6 nitrogen and oxygen atoms in total. The van der Waals surface area contributed by atoms with E-state index in [4.69, 9.17) is 28.9 Å². The normalized spacial score (nSPS) is 9.59. The van der Waals surface area contributed by atoms with E-state index < -0.39 is 12.1 Å². The number of carbonyl (C=O) groups is 2. The third kappa shape index (κ3) is 3.40. The lowest BCUT2D eigenvalue weighted by molar-refractivity contribution is 0.144. The van der Waals surface area contributed by atoms with E-state index in [1.54, 1.807) is 0 Å². The minimum atomic E-state index is -1.13. The van der Waals surface area contributed by atoms with Crippen LogP contribution in [0.25, 0.3) is 0 Å². The largest absolute Gasteiger partial charge is 0.429 e. The number of amides is 3. The van der Waals surface area contributed by atoms with Crippen LogP contribution in [0.5, 0.6) is 0 Å². The average molecular weight is 278 g/mol. The van der Waals surface area contributed by atoms with Crippen molar-refractivity contribution in [3.63, 3.8) is 0 Å². The number of nitrogens with zero attached hydrogens (tertiary/aromatic N) is 1. The van der Waals surface area contributed by atoms with Gasteiger partial charge in [-0.05, 0) is 18.2 Å². The number of benzene rings is 1. The third-order valence-corrected chi connectivity index (χ3v) is 2.46. The van der Waals surface area contributed by atoms with Gasteiger partial charge in [0.2, 0.25) is 0 Å². The second-order valence-electron chi connectivity index (χ2n) is 2.86. The molecule has 0 aliphatic carbocycles. The summed E-state index contributed by atoms with van der Waals surface area (Å²) in [6.07, 6.45) is -1.13. The molecule has 3 N–H and O–H groups in total. The molecule has 0 unspecified atom stereocenters. The lowest BCUT2D eigenvalue weighted by atomic mass is 10.3. The monoisotopic (exact) mass is 277 g/mol. The molecule has 0 saturated heterocycles. The zero-order valence-corrected chi connectivity index (χ0v) is 10.2. The third-order valence-electron chi connectivity index (χ3n) is 1.72. The zero-order valence-electron chi connectivity index (χ0n) is 8.74. The van der Waals surface area contributed by atoms with Crippen LogP contribution in [0.2, 0.25) is 10.0 Å². The van der Waals surface area contributed by atoms with Gasteiger partial charge < -0.3 is 15.9 Å². The van der Waals surface area contributed by atoms with Crippen molar-refractivity contribution >= 4 is 41.0 Å². The molecule has 0 spiro atoms. The maximum absolute atomic E-state index is 11.5. The smallest absolute Gasteiger partial charge is 0.338 e. The Bertz CT molecular complexity index is 453. The quantitative estimate of drug-likeness (QED) is 0.772. The molecular weight excluding hydrogens is 269 g/mol. The van der Waals surface area contributed by atoms with Crippen LogP contribution in [-0.4, -0.2) is 19.2 Å². The van der Waals surface area contributed by atoms with Crippen LogP contribution >= 0.6 is 23.2 Å². The number of primary amides is 1. The van der Waals surface area contributed by atoms with E-state index in [-0.39, 0.29) is 10.7 Å². The average Bonchev–Trinajstić information content (AvgIpc) is 2.28. The summed E-state index contributed by atoms with van der Waals surface area (Å²) in [4.78, 5) is 26.7. The Balaban J connectivity index is 3.07. The van der Waals surface area contributed by atoms with Gasteiger partial charge in [-0.1, -0.05) is 23.2 Å². The molecule has 92 valence electrons. The SMILES string of the molecule is CNC(=O)N(OC(N)=O)c1ccc(Cl)c(Cl)c1. The fourth-order valence-corrected chi connectivity index (χ4v) is 1.31. The van der Waals surface area contributed by atoms with Crippen LogP contribution in [0.3, 0.4) is 0 Å². The summed E-state index contributed by atoms with van der Waals surface area (Å²) in [7, 11) is 1.37. The molecule has 0 aliphatic heterocycles. The van der Waals surface area contributed by atoms with Crippen LogP contribution in [-0.2, 0) is 4.84 Å². The summed E-state index contributed by atoms with van der Waals surface area (Å²) < 4.78 is 0. The van der Waals surface area contributed by atoms with Crippen molar-refractivity contribution in [1.29, 1.82) is 0 Å². The molecule has 1 aromatic carbocycles. The number of halogens is 2. The van der Waals surface area contributed by atoms with Crippen LogP contribution in [0, 0.1) is 0 Å². The van der Waals surface area contributed by atoms with Gasteiger partial charge in [-0.15, -0.1) is 5.06 Å². The van der Waals surface area contributed by atoms with E-state index in [0.29, 0.717) is 10.1 Å². The van der Waals surface area contributed by atoms with Crippen molar-refractivity contribution in [2.24, 2.45) is 5.73 Å². The number of nitrogens with one attached hydrogen (secondary N) is 1. The van der Waals surface area contributed by atoms with Crippen molar-refractivity contribution in [2.45, 2.75) is 0 Å². The summed E-state index contributed by atoms with van der Waals surface area (Å²) >= 11 is 11.5. The standard InChI is InChI=1S/C9H9Cl2N3O3/c1-13-9(16)14(17-8(12)15)5-2-3-6(10)7(11)4-5/h2-4H,1H3,(H2,12,15)(H,13,16). The van der Waals surface area contributed by atoms with Gasteiger partial charge in [0.15, 0.2) is 0 Å². The summed E-state index contributed by atoms with van der Waals surface area (Å²) in [6.45, 7) is 0. The van der Waals surface area contributed by atoms with Gasteiger partial charge in [-0.25, -0.2) is 9.59 Å². The Kier molecular flexibility index (Phi) is 4.42. The molecule has 0 saturated carbocycles. The number of hydrogen-bond donors (Lipinski definition) is 2. The molecule has 0 aliphatic rings. The van der Waals surface area contributed by atoms with E-state index in [2.05, 4.69) is 10.2 Å². The molecule has 3 amide bonds. The van der Waals surface area contributed by atoms with E-state index >= 15 is 0 Å². The van der Waals surface area contributed by atoms with Gasteiger partial charge in [0.1, 0.15) is 0 Å². The number of carbonyl (C=O) groups excluding carboxylic acids is 2. The highest BCUT2D eigenvalue weighted by Crippen LogP contribution is 2.27. The van der Waals surface area contributed by atoms with Gasteiger partial charge in [0, 0.05) is 7.05 Å². The van der Waals surface area contributed by atoms with E-state index in [0.717, 1.165) is 0 Å². The summed E-state index contributed by atoms with van der Waals surface area (Å²) in [5, 5.41) is 3.48. The fourth-order valence-electron chi connectivity index (χ4n) is 1.01. The van der Waals surface area contributed by atoms with E-state index in [1.165, 1.54) is 25.2 Å². The first-order chi connectivity index (χ1) is 7.95. The predicted octanol–water partition coefficient (Wildman–Crippen LogP) is 2.15. The molecule has 0 atom stereocenters. The van der Waals surface area contributed by atoms with Gasteiger partial charge in [0.25, 0.3) is 0 Å². The molecule has 0 radical (unpaired) electrons. The van der Waals surface area contributed by atoms with Crippen molar-refractivity contribution < 1.29 is 14.4 Å². The maximum atomic E-state index is 11.5. The lowest BCUT2D eigenvalue weighted by Gasteiger charge is -2.19. The first kappa shape index (κ1) is 13.4. The Hall–Kier alpha value is -1.66. The van der Waals surface area contributed by atoms with Crippen LogP contribution in [0.1, 0.15) is 0 Å². The first-order valence-corrected chi connectivity index (χ1v) is 5.15. The van der Waals surface area contributed by atoms with E-state index in [1.807, 2.05) is 0 Å². The molecule has 0 aromatic heterocycles. The second kappa shape index (κ2) is 5.60. The highest BCUT2D eigenvalue weighted by molar-refractivity contribution is 6.42. The molecule has 8 heteroatoms. The summed E-state index contributed by atoms with van der Waals surface area (Å²) in [5.74, 6) is 0.